The lowest BCUT2D eigenvalue weighted by Crippen LogP contribution is -2.51. The van der Waals surface area contributed by atoms with Gasteiger partial charge in [-0.1, -0.05) is 40.5 Å². The number of phenolic OH excluding ortho intramolecular Hbond substituents is 2. The number of rotatable bonds is 3. The molecular weight excluding hydrogens is 312 g/mol. The Bertz CT molecular complexity index is 643. The minimum Gasteiger partial charge on any atom is -0.508 e. The first-order valence-corrected chi connectivity index (χ1v) is 9.70. The first kappa shape index (κ1) is 18.3. The van der Waals surface area contributed by atoms with E-state index in [9.17, 15) is 15.0 Å². The monoisotopic (exact) mass is 344 g/mol. The van der Waals surface area contributed by atoms with Crippen LogP contribution in [-0.2, 0) is 0 Å². The predicted octanol–water partition coefficient (Wildman–Crippen LogP) is 5.55. The third-order valence-electron chi connectivity index (χ3n) is 7.35. The van der Waals surface area contributed by atoms with Crippen LogP contribution >= 0.6 is 0 Å². The van der Waals surface area contributed by atoms with Gasteiger partial charge < -0.3 is 10.2 Å². The van der Waals surface area contributed by atoms with Gasteiger partial charge >= 0.3 is 0 Å². The Kier molecular flexibility index (Phi) is 4.63. The van der Waals surface area contributed by atoms with Gasteiger partial charge in [-0.3, -0.25) is 4.79 Å². The largest absolute Gasteiger partial charge is 0.508 e. The first-order chi connectivity index (χ1) is 11.6. The Morgan fingerprint density at radius 3 is 2.36 bits per heavy atom. The van der Waals surface area contributed by atoms with E-state index in [-0.39, 0.29) is 22.7 Å². The van der Waals surface area contributed by atoms with E-state index in [0.717, 1.165) is 0 Å². The molecule has 1 aromatic carbocycles. The molecule has 2 aliphatic rings. The van der Waals surface area contributed by atoms with Crippen molar-refractivity contribution in [3.05, 3.63) is 23.8 Å². The highest BCUT2D eigenvalue weighted by atomic mass is 16.3. The van der Waals surface area contributed by atoms with Crippen LogP contribution in [0.2, 0.25) is 0 Å². The van der Waals surface area contributed by atoms with Crippen molar-refractivity contribution >= 4 is 5.78 Å². The molecule has 0 radical (unpaired) electrons. The third-order valence-corrected chi connectivity index (χ3v) is 7.35. The molecule has 0 aromatic heterocycles. The fourth-order valence-electron chi connectivity index (χ4n) is 6.12. The van der Waals surface area contributed by atoms with E-state index in [1.54, 1.807) is 0 Å². The summed E-state index contributed by atoms with van der Waals surface area (Å²) in [5.41, 5.74) is 0.969. The van der Waals surface area contributed by atoms with Gasteiger partial charge in [-0.25, -0.2) is 0 Å². The summed E-state index contributed by atoms with van der Waals surface area (Å²) in [6.45, 7) is 9.50. The van der Waals surface area contributed by atoms with Gasteiger partial charge in [-0.15, -0.1) is 0 Å². The third kappa shape index (κ3) is 3.30. The van der Waals surface area contributed by atoms with Crippen LogP contribution < -0.4 is 0 Å². The maximum absolute atomic E-state index is 12.9. The Morgan fingerprint density at radius 2 is 1.72 bits per heavy atom. The number of ketones is 1. The van der Waals surface area contributed by atoms with Gasteiger partial charge in [-0.05, 0) is 60.0 Å². The molecule has 3 rings (SSSR count). The number of fused-ring (bicyclic) bond motifs is 1. The Morgan fingerprint density at radius 1 is 1.08 bits per heavy atom. The van der Waals surface area contributed by atoms with Crippen LogP contribution in [0, 0.1) is 28.6 Å². The second-order valence-corrected chi connectivity index (χ2v) is 9.43. The molecule has 0 bridgehead atoms. The summed E-state index contributed by atoms with van der Waals surface area (Å²) in [7, 11) is 0. The summed E-state index contributed by atoms with van der Waals surface area (Å²) in [5, 5.41) is 19.4. The normalized spacial score (nSPS) is 34.3. The van der Waals surface area contributed by atoms with Crippen molar-refractivity contribution in [2.45, 2.75) is 66.2 Å². The average molecular weight is 344 g/mol. The first-order valence-electron chi connectivity index (χ1n) is 9.70. The smallest absolute Gasteiger partial charge is 0.163 e. The summed E-state index contributed by atoms with van der Waals surface area (Å²) >= 11 is 0. The van der Waals surface area contributed by atoms with Gasteiger partial charge in [0.15, 0.2) is 5.78 Å². The van der Waals surface area contributed by atoms with Gasteiger partial charge in [0.1, 0.15) is 11.5 Å². The molecule has 138 valence electrons. The molecule has 0 unspecified atom stereocenters. The van der Waals surface area contributed by atoms with E-state index in [1.165, 1.54) is 50.3 Å². The van der Waals surface area contributed by atoms with Crippen molar-refractivity contribution in [1.82, 2.24) is 0 Å². The molecule has 0 saturated heterocycles. The lowest BCUT2D eigenvalue weighted by atomic mass is 9.46. The van der Waals surface area contributed by atoms with Crippen LogP contribution in [0.4, 0.5) is 0 Å². The number of hydrogen-bond acceptors (Lipinski definition) is 3. The maximum atomic E-state index is 12.9. The van der Waals surface area contributed by atoms with E-state index < -0.39 is 0 Å². The topological polar surface area (TPSA) is 57.5 Å². The van der Waals surface area contributed by atoms with Crippen molar-refractivity contribution in [2.75, 3.05) is 0 Å². The zero-order chi connectivity index (χ0) is 18.4. The molecule has 1 aromatic rings. The predicted molar refractivity (Wildman–Crippen MR) is 99.8 cm³/mol. The molecule has 4 atom stereocenters. The molecular formula is C22H32O3. The Hall–Kier alpha value is -1.51. The van der Waals surface area contributed by atoms with Crippen LogP contribution in [0.3, 0.4) is 0 Å². The van der Waals surface area contributed by atoms with Crippen LogP contribution in [-0.4, -0.2) is 16.0 Å². The SMILES string of the molecule is C[C@H]1CC[C@H]2C(C)(C)CCC[C@]2(C)[C@H]1CC(=O)c1cc(O)cc(O)c1. The van der Waals surface area contributed by atoms with Crippen molar-refractivity contribution in [3.8, 4) is 11.5 Å². The molecule has 2 aliphatic carbocycles. The van der Waals surface area contributed by atoms with Crippen molar-refractivity contribution < 1.29 is 15.0 Å². The van der Waals surface area contributed by atoms with Gasteiger partial charge in [0, 0.05) is 18.1 Å². The summed E-state index contributed by atoms with van der Waals surface area (Å²) < 4.78 is 0. The van der Waals surface area contributed by atoms with E-state index in [4.69, 9.17) is 0 Å². The zero-order valence-corrected chi connectivity index (χ0v) is 16.0. The van der Waals surface area contributed by atoms with Gasteiger partial charge in [0.05, 0.1) is 0 Å². The molecule has 2 saturated carbocycles. The minimum atomic E-state index is -0.0528. The summed E-state index contributed by atoms with van der Waals surface area (Å²) in [6.07, 6.45) is 6.68. The number of phenols is 2. The lowest BCUT2D eigenvalue weighted by molar-refractivity contribution is -0.0927. The zero-order valence-electron chi connectivity index (χ0n) is 16.0. The van der Waals surface area contributed by atoms with Crippen LogP contribution in [0.15, 0.2) is 18.2 Å². The van der Waals surface area contributed by atoms with Gasteiger partial charge in [0.25, 0.3) is 0 Å². The van der Waals surface area contributed by atoms with Crippen molar-refractivity contribution in [1.29, 1.82) is 0 Å². The second kappa shape index (κ2) is 6.34. The minimum absolute atomic E-state index is 0.0355. The molecule has 3 heteroatoms. The molecule has 0 spiro atoms. The number of Topliss-reactive ketones (excluding diaryl/α,β-unsaturated/α-hetero) is 1. The fraction of sp³-hybridized carbons (Fsp3) is 0.682. The highest BCUT2D eigenvalue weighted by Crippen LogP contribution is 2.61. The van der Waals surface area contributed by atoms with E-state index in [1.807, 2.05) is 0 Å². The number of hydrogen-bond donors (Lipinski definition) is 2. The highest BCUT2D eigenvalue weighted by Gasteiger charge is 2.53. The van der Waals surface area contributed by atoms with E-state index >= 15 is 0 Å². The second-order valence-electron chi connectivity index (χ2n) is 9.43. The Labute approximate surface area is 151 Å². The maximum Gasteiger partial charge on any atom is 0.163 e. The van der Waals surface area contributed by atoms with Crippen LogP contribution in [0.1, 0.15) is 76.6 Å². The van der Waals surface area contributed by atoms with Crippen molar-refractivity contribution in [2.24, 2.45) is 28.6 Å². The molecule has 2 N–H and O–H groups in total. The van der Waals surface area contributed by atoms with E-state index in [0.29, 0.717) is 35.2 Å². The summed E-state index contributed by atoms with van der Waals surface area (Å²) in [4.78, 5) is 12.9. The van der Waals surface area contributed by atoms with Crippen molar-refractivity contribution in [3.63, 3.8) is 0 Å². The quantitative estimate of drug-likeness (QED) is 0.707. The number of carbonyl (C=O) groups excluding carboxylic acids is 1. The molecule has 25 heavy (non-hydrogen) atoms. The average Bonchev–Trinajstić information content (AvgIpc) is 2.49. The number of carbonyl (C=O) groups is 1. The van der Waals surface area contributed by atoms with Gasteiger partial charge in [0.2, 0.25) is 0 Å². The van der Waals surface area contributed by atoms with Gasteiger partial charge in [-0.2, -0.15) is 0 Å². The molecule has 0 heterocycles. The number of aromatic hydroxyl groups is 2. The molecule has 0 aliphatic heterocycles. The molecule has 2 fully saturated rings. The highest BCUT2D eigenvalue weighted by molar-refractivity contribution is 5.97. The standard InChI is InChI=1S/C22H32O3/c1-14-6-7-20-21(2,3)8-5-9-22(20,4)18(14)13-19(25)15-10-16(23)12-17(24)11-15/h10-12,14,18,20,23-24H,5-9,13H2,1-4H3/t14-,18-,20-,22+/m0/s1. The van der Waals surface area contributed by atoms with E-state index in [2.05, 4.69) is 27.7 Å². The number of benzene rings is 1. The summed E-state index contributed by atoms with van der Waals surface area (Å²) in [6, 6.07) is 4.21. The Balaban J connectivity index is 1.87. The fourth-order valence-corrected chi connectivity index (χ4v) is 6.12. The lowest BCUT2D eigenvalue weighted by Gasteiger charge is -2.59. The van der Waals surface area contributed by atoms with Crippen LogP contribution in [0.5, 0.6) is 11.5 Å². The molecule has 3 nitrogen and oxygen atoms in total. The van der Waals surface area contributed by atoms with Crippen LogP contribution in [0.25, 0.3) is 0 Å². The molecule has 0 amide bonds. The summed E-state index contributed by atoms with van der Waals surface area (Å²) in [5.74, 6) is 1.49.